The monoisotopic (exact) mass is 367 g/mol. The number of fused-ring (bicyclic) bond motifs is 1. The van der Waals surface area contributed by atoms with Gasteiger partial charge in [-0.1, -0.05) is 54.6 Å². The molecule has 3 aromatic carbocycles. The highest BCUT2D eigenvalue weighted by Crippen LogP contribution is 2.33. The van der Waals surface area contributed by atoms with Gasteiger partial charge in [0.2, 0.25) is 0 Å². The fraction of sp³-hybridized carbons (Fsp3) is 0.167. The van der Waals surface area contributed by atoms with E-state index in [0.29, 0.717) is 0 Å². The predicted octanol–water partition coefficient (Wildman–Crippen LogP) is 5.21. The maximum Gasteiger partial charge on any atom is 0.254 e. The minimum atomic E-state index is 0.00806. The third-order valence-electron chi connectivity index (χ3n) is 5.48. The number of amides is 1. The second-order valence-electron chi connectivity index (χ2n) is 7.24. The number of likely N-dealkylation sites (tertiary alicyclic amines) is 1. The van der Waals surface area contributed by atoms with Gasteiger partial charge in [0.25, 0.3) is 5.91 Å². The Balaban J connectivity index is 1.41. The van der Waals surface area contributed by atoms with Gasteiger partial charge in [-0.25, -0.2) is 4.98 Å². The topological polar surface area (TPSA) is 49.0 Å². The fourth-order valence-electron chi connectivity index (χ4n) is 4.03. The zero-order chi connectivity index (χ0) is 18.9. The lowest BCUT2D eigenvalue weighted by Gasteiger charge is -2.23. The molecule has 5 rings (SSSR count). The first-order chi connectivity index (χ1) is 13.8. The standard InChI is InChI=1S/C24H21N3O/c28-24(19-14-12-18(13-15-19)17-7-2-1-3-8-17)27-16-6-11-22(27)23-25-20-9-4-5-10-21(20)26-23/h1-5,7-10,12-15,22H,6,11,16H2,(H,25,26). The van der Waals surface area contributed by atoms with Crippen molar-refractivity contribution in [1.82, 2.24) is 14.9 Å². The molecule has 1 aliphatic rings. The van der Waals surface area contributed by atoms with Crippen molar-refractivity contribution in [2.24, 2.45) is 0 Å². The Morgan fingerprint density at radius 1 is 0.893 bits per heavy atom. The Hall–Kier alpha value is -3.40. The zero-order valence-electron chi connectivity index (χ0n) is 15.5. The van der Waals surface area contributed by atoms with Crippen LogP contribution in [0, 0.1) is 0 Å². The number of nitrogens with one attached hydrogen (secondary N) is 1. The number of aromatic nitrogens is 2. The Labute approximate surface area is 163 Å². The number of benzene rings is 3. The number of carbonyl (C=O) groups excluding carboxylic acids is 1. The first-order valence-electron chi connectivity index (χ1n) is 9.71. The molecule has 28 heavy (non-hydrogen) atoms. The van der Waals surface area contributed by atoms with Gasteiger partial charge in [0.1, 0.15) is 5.82 Å². The average Bonchev–Trinajstić information content (AvgIpc) is 3.41. The van der Waals surface area contributed by atoms with Crippen LogP contribution in [-0.4, -0.2) is 27.3 Å². The van der Waals surface area contributed by atoms with Crippen LogP contribution in [-0.2, 0) is 0 Å². The summed E-state index contributed by atoms with van der Waals surface area (Å²) in [6.45, 7) is 0.765. The van der Waals surface area contributed by atoms with E-state index in [4.69, 9.17) is 4.98 Å². The van der Waals surface area contributed by atoms with Gasteiger partial charge in [-0.05, 0) is 48.2 Å². The van der Waals surface area contributed by atoms with Gasteiger partial charge in [-0.15, -0.1) is 0 Å². The van der Waals surface area contributed by atoms with Crippen LogP contribution in [0.5, 0.6) is 0 Å². The van der Waals surface area contributed by atoms with Gasteiger partial charge < -0.3 is 9.88 Å². The summed E-state index contributed by atoms with van der Waals surface area (Å²) >= 11 is 0. The minimum absolute atomic E-state index is 0.00806. The summed E-state index contributed by atoms with van der Waals surface area (Å²) in [4.78, 5) is 23.3. The maximum absolute atomic E-state index is 13.2. The number of hydrogen-bond acceptors (Lipinski definition) is 2. The lowest BCUT2D eigenvalue weighted by molar-refractivity contribution is 0.0730. The number of rotatable bonds is 3. The molecule has 1 fully saturated rings. The van der Waals surface area contributed by atoms with Crippen molar-refractivity contribution in [1.29, 1.82) is 0 Å². The van der Waals surface area contributed by atoms with Gasteiger partial charge in [0.15, 0.2) is 0 Å². The smallest absolute Gasteiger partial charge is 0.254 e. The number of nitrogens with zero attached hydrogens (tertiary/aromatic N) is 2. The summed E-state index contributed by atoms with van der Waals surface area (Å²) in [6, 6.07) is 26.1. The van der Waals surface area contributed by atoms with E-state index in [-0.39, 0.29) is 11.9 Å². The van der Waals surface area contributed by atoms with Crippen molar-refractivity contribution >= 4 is 16.9 Å². The highest BCUT2D eigenvalue weighted by atomic mass is 16.2. The summed E-state index contributed by atoms with van der Waals surface area (Å²) in [5.41, 5.74) is 4.96. The van der Waals surface area contributed by atoms with Crippen LogP contribution >= 0.6 is 0 Å². The molecule has 1 atom stereocenters. The fourth-order valence-corrected chi connectivity index (χ4v) is 4.03. The summed E-state index contributed by atoms with van der Waals surface area (Å²) in [5.74, 6) is 0.954. The summed E-state index contributed by atoms with van der Waals surface area (Å²) < 4.78 is 0. The molecule has 1 aliphatic heterocycles. The molecule has 0 radical (unpaired) electrons. The Morgan fingerprint density at radius 3 is 2.39 bits per heavy atom. The first-order valence-corrected chi connectivity index (χ1v) is 9.71. The molecule has 1 unspecified atom stereocenters. The third kappa shape index (κ3) is 2.97. The lowest BCUT2D eigenvalue weighted by atomic mass is 10.0. The first kappa shape index (κ1) is 16.8. The summed E-state index contributed by atoms with van der Waals surface area (Å²) in [6.07, 6.45) is 1.93. The maximum atomic E-state index is 13.2. The van der Waals surface area contributed by atoms with Crippen LogP contribution in [0.2, 0.25) is 0 Å². The van der Waals surface area contributed by atoms with E-state index in [2.05, 4.69) is 17.1 Å². The van der Waals surface area contributed by atoms with Crippen molar-refractivity contribution in [3.8, 4) is 11.1 Å². The predicted molar refractivity (Wildman–Crippen MR) is 111 cm³/mol. The molecule has 0 spiro atoms. The molecule has 4 aromatic rings. The van der Waals surface area contributed by atoms with Gasteiger partial charge >= 0.3 is 0 Å². The van der Waals surface area contributed by atoms with Gasteiger partial charge in [0, 0.05) is 12.1 Å². The van der Waals surface area contributed by atoms with Crippen molar-refractivity contribution in [2.45, 2.75) is 18.9 Å². The summed E-state index contributed by atoms with van der Waals surface area (Å²) in [7, 11) is 0. The molecule has 4 nitrogen and oxygen atoms in total. The molecular weight excluding hydrogens is 346 g/mol. The van der Waals surface area contributed by atoms with E-state index < -0.39 is 0 Å². The molecule has 4 heteroatoms. The second-order valence-corrected chi connectivity index (χ2v) is 7.24. The largest absolute Gasteiger partial charge is 0.340 e. The SMILES string of the molecule is O=C(c1ccc(-c2ccccc2)cc1)N1CCCC1c1nc2ccccc2[nH]1. The minimum Gasteiger partial charge on any atom is -0.340 e. The lowest BCUT2D eigenvalue weighted by Crippen LogP contribution is -2.31. The van der Waals surface area contributed by atoms with E-state index in [0.717, 1.165) is 52.9 Å². The third-order valence-corrected chi connectivity index (χ3v) is 5.48. The quantitative estimate of drug-likeness (QED) is 0.540. The van der Waals surface area contributed by atoms with Gasteiger partial charge in [0.05, 0.1) is 17.1 Å². The van der Waals surface area contributed by atoms with Crippen LogP contribution in [0.1, 0.15) is 35.1 Å². The molecule has 1 amide bonds. The van der Waals surface area contributed by atoms with E-state index in [9.17, 15) is 4.79 Å². The normalized spacial score (nSPS) is 16.6. The number of H-pyrrole nitrogens is 1. The molecule has 2 heterocycles. The highest BCUT2D eigenvalue weighted by molar-refractivity contribution is 5.95. The number of aromatic amines is 1. The van der Waals surface area contributed by atoms with E-state index >= 15 is 0 Å². The van der Waals surface area contributed by atoms with Crippen LogP contribution in [0.15, 0.2) is 78.9 Å². The van der Waals surface area contributed by atoms with E-state index in [1.807, 2.05) is 71.6 Å². The molecule has 0 aliphatic carbocycles. The molecule has 1 aromatic heterocycles. The number of hydrogen-bond donors (Lipinski definition) is 1. The van der Waals surface area contributed by atoms with Gasteiger partial charge in [-0.3, -0.25) is 4.79 Å². The van der Waals surface area contributed by atoms with E-state index in [1.165, 1.54) is 0 Å². The second kappa shape index (κ2) is 6.97. The van der Waals surface area contributed by atoms with Crippen molar-refractivity contribution < 1.29 is 4.79 Å². The number of carbonyl (C=O) groups is 1. The Kier molecular flexibility index (Phi) is 4.17. The van der Waals surface area contributed by atoms with Crippen LogP contribution in [0.25, 0.3) is 22.2 Å². The van der Waals surface area contributed by atoms with Gasteiger partial charge in [-0.2, -0.15) is 0 Å². The Morgan fingerprint density at radius 2 is 1.61 bits per heavy atom. The number of imidazole rings is 1. The van der Waals surface area contributed by atoms with Crippen LogP contribution < -0.4 is 0 Å². The molecule has 138 valence electrons. The van der Waals surface area contributed by atoms with Crippen LogP contribution in [0.4, 0.5) is 0 Å². The highest BCUT2D eigenvalue weighted by Gasteiger charge is 2.32. The molecular formula is C24H21N3O. The van der Waals surface area contributed by atoms with Crippen LogP contribution in [0.3, 0.4) is 0 Å². The molecule has 0 bridgehead atoms. The number of para-hydroxylation sites is 2. The van der Waals surface area contributed by atoms with E-state index in [1.54, 1.807) is 0 Å². The molecule has 1 N–H and O–H groups in total. The van der Waals surface area contributed by atoms with Crippen molar-refractivity contribution in [3.05, 3.63) is 90.3 Å². The molecule has 1 saturated heterocycles. The summed E-state index contributed by atoms with van der Waals surface area (Å²) in [5, 5.41) is 0. The Bertz CT molecular complexity index is 1080. The zero-order valence-corrected chi connectivity index (χ0v) is 15.5. The van der Waals surface area contributed by atoms with Crippen molar-refractivity contribution in [2.75, 3.05) is 6.54 Å². The average molecular weight is 367 g/mol. The van der Waals surface area contributed by atoms with Crippen molar-refractivity contribution in [3.63, 3.8) is 0 Å². The molecule has 0 saturated carbocycles.